The van der Waals surface area contributed by atoms with Gasteiger partial charge in [-0.05, 0) is 160 Å². The number of carboxylic acids is 1. The third kappa shape index (κ3) is 5.02. The molecule has 5 aliphatic carbocycles. The zero-order chi connectivity index (χ0) is 34.4. The third-order valence-corrected chi connectivity index (χ3v) is 15.2. The number of fused-ring (bicyclic) bond motifs is 7. The second-order valence-corrected chi connectivity index (χ2v) is 18.6. The molecule has 9 unspecified atom stereocenters. The Kier molecular flexibility index (Phi) is 8.30. The number of rotatable bonds is 6. The summed E-state index contributed by atoms with van der Waals surface area (Å²) in [5.74, 6) is 1.20. The summed E-state index contributed by atoms with van der Waals surface area (Å²) in [6.07, 6.45) is 11.9. The van der Waals surface area contributed by atoms with Gasteiger partial charge in [-0.15, -0.1) is 0 Å². The second kappa shape index (κ2) is 11.3. The Hall–Kier alpha value is -2.40. The molecule has 0 spiro atoms. The first-order valence-electron chi connectivity index (χ1n) is 18.5. The molecular formula is C42H61NO4. The zero-order valence-corrected chi connectivity index (χ0v) is 30.7. The van der Waals surface area contributed by atoms with Crippen LogP contribution in [0.3, 0.4) is 0 Å². The van der Waals surface area contributed by atoms with E-state index in [2.05, 4.69) is 64.7 Å². The Bertz CT molecular complexity index is 1470. The second-order valence-electron chi connectivity index (χ2n) is 18.6. The molecule has 5 nitrogen and oxygen atoms in total. The van der Waals surface area contributed by atoms with E-state index in [1.54, 1.807) is 0 Å². The lowest BCUT2D eigenvalue weighted by Gasteiger charge is -2.72. The van der Waals surface area contributed by atoms with Crippen LogP contribution in [0, 0.1) is 56.7 Å². The molecule has 4 saturated carbocycles. The van der Waals surface area contributed by atoms with E-state index in [1.165, 1.54) is 36.0 Å². The summed E-state index contributed by atoms with van der Waals surface area (Å²) in [6.45, 7) is 23.7. The van der Waals surface area contributed by atoms with Crippen molar-refractivity contribution in [3.05, 3.63) is 53.6 Å². The van der Waals surface area contributed by atoms with Crippen molar-refractivity contribution in [3.8, 4) is 0 Å². The van der Waals surface area contributed by atoms with Gasteiger partial charge in [0.05, 0.1) is 11.0 Å². The number of aliphatic carboxylic acids is 1. The van der Waals surface area contributed by atoms with Crippen molar-refractivity contribution >= 4 is 17.5 Å². The number of carboxylic acid groups (broad SMARTS) is 1. The summed E-state index contributed by atoms with van der Waals surface area (Å²) in [7, 11) is 1.98. The van der Waals surface area contributed by atoms with Crippen LogP contribution in [0.25, 0.3) is 5.57 Å². The van der Waals surface area contributed by atoms with Gasteiger partial charge in [-0.3, -0.25) is 4.79 Å². The molecule has 0 saturated heterocycles. The lowest BCUT2D eigenvalue weighted by Crippen LogP contribution is -2.66. The molecule has 0 aliphatic heterocycles. The molecule has 0 bridgehead atoms. The van der Waals surface area contributed by atoms with Gasteiger partial charge in [0.1, 0.15) is 5.60 Å². The molecule has 0 radical (unpaired) electrons. The number of ether oxygens (including phenoxy) is 1. The predicted octanol–water partition coefficient (Wildman–Crippen LogP) is 9.58. The zero-order valence-electron chi connectivity index (χ0n) is 30.7. The van der Waals surface area contributed by atoms with E-state index in [-0.39, 0.29) is 39.5 Å². The Morgan fingerprint density at radius 3 is 2.21 bits per heavy atom. The van der Waals surface area contributed by atoms with Crippen LogP contribution in [-0.2, 0) is 9.53 Å². The largest absolute Gasteiger partial charge is 0.481 e. The van der Waals surface area contributed by atoms with Gasteiger partial charge in [0.15, 0.2) is 0 Å². The van der Waals surface area contributed by atoms with Crippen molar-refractivity contribution in [1.29, 1.82) is 0 Å². The van der Waals surface area contributed by atoms with Gasteiger partial charge in [0.25, 0.3) is 0 Å². The van der Waals surface area contributed by atoms with Gasteiger partial charge in [-0.25, -0.2) is 4.79 Å². The van der Waals surface area contributed by atoms with E-state index in [0.29, 0.717) is 23.3 Å². The van der Waals surface area contributed by atoms with Crippen LogP contribution < -0.4 is 5.32 Å². The highest BCUT2D eigenvalue weighted by molar-refractivity contribution is 5.90. The van der Waals surface area contributed by atoms with Gasteiger partial charge in [0, 0.05) is 6.54 Å². The van der Waals surface area contributed by atoms with Crippen molar-refractivity contribution in [1.82, 2.24) is 5.32 Å². The average molecular weight is 644 g/mol. The van der Waals surface area contributed by atoms with Crippen molar-refractivity contribution in [2.24, 2.45) is 56.7 Å². The minimum Gasteiger partial charge on any atom is -0.481 e. The molecule has 0 amide bonds. The van der Waals surface area contributed by atoms with E-state index in [1.807, 2.05) is 40.0 Å². The summed E-state index contributed by atoms with van der Waals surface area (Å²) in [5.41, 5.74) is 3.75. The molecule has 258 valence electrons. The molecule has 4 fully saturated rings. The maximum atomic E-state index is 13.1. The van der Waals surface area contributed by atoms with Crippen LogP contribution in [0.1, 0.15) is 129 Å². The van der Waals surface area contributed by atoms with Crippen molar-refractivity contribution in [2.75, 3.05) is 13.6 Å². The van der Waals surface area contributed by atoms with Crippen LogP contribution in [0.4, 0.5) is 0 Å². The number of hydrogen-bond acceptors (Lipinski definition) is 4. The molecule has 0 heterocycles. The molecule has 0 aromatic heterocycles. The lowest BCUT2D eigenvalue weighted by molar-refractivity contribution is -0.227. The van der Waals surface area contributed by atoms with Gasteiger partial charge in [-0.1, -0.05) is 65.0 Å². The fourth-order valence-electron chi connectivity index (χ4n) is 13.0. The number of benzene rings is 1. The first-order valence-corrected chi connectivity index (χ1v) is 18.5. The monoisotopic (exact) mass is 643 g/mol. The normalized spacial score (nSPS) is 40.6. The summed E-state index contributed by atoms with van der Waals surface area (Å²) < 4.78 is 5.62. The summed E-state index contributed by atoms with van der Waals surface area (Å²) in [4.78, 5) is 25.8. The van der Waals surface area contributed by atoms with E-state index in [9.17, 15) is 14.7 Å². The van der Waals surface area contributed by atoms with E-state index in [4.69, 9.17) is 4.74 Å². The van der Waals surface area contributed by atoms with E-state index in [0.717, 1.165) is 45.1 Å². The average Bonchev–Trinajstić information content (AvgIpc) is 3.38. The first kappa shape index (κ1) is 34.5. The molecule has 5 heteroatoms. The molecule has 47 heavy (non-hydrogen) atoms. The van der Waals surface area contributed by atoms with Crippen LogP contribution in [0.15, 0.2) is 42.5 Å². The van der Waals surface area contributed by atoms with Gasteiger partial charge >= 0.3 is 11.9 Å². The van der Waals surface area contributed by atoms with Gasteiger partial charge < -0.3 is 15.2 Å². The van der Waals surface area contributed by atoms with Crippen molar-refractivity contribution in [3.63, 3.8) is 0 Å². The Balaban J connectivity index is 1.31. The van der Waals surface area contributed by atoms with Crippen LogP contribution in [-0.4, -0.2) is 36.2 Å². The van der Waals surface area contributed by atoms with Gasteiger partial charge in [-0.2, -0.15) is 0 Å². The highest BCUT2D eigenvalue weighted by Gasteiger charge is 2.71. The number of allylic oxidation sites excluding steroid dienone is 2. The van der Waals surface area contributed by atoms with Crippen LogP contribution in [0.2, 0.25) is 0 Å². The quantitative estimate of drug-likeness (QED) is 0.239. The minimum absolute atomic E-state index is 0.00795. The van der Waals surface area contributed by atoms with Crippen molar-refractivity contribution < 1.29 is 19.4 Å². The Morgan fingerprint density at radius 2 is 1.60 bits per heavy atom. The number of esters is 1. The van der Waals surface area contributed by atoms with Crippen LogP contribution in [0.5, 0.6) is 0 Å². The first-order chi connectivity index (χ1) is 21.9. The lowest BCUT2D eigenvalue weighted by atomic mass is 9.32. The van der Waals surface area contributed by atoms with E-state index < -0.39 is 17.0 Å². The third-order valence-electron chi connectivity index (χ3n) is 15.2. The summed E-state index contributed by atoms with van der Waals surface area (Å²) in [5, 5.41) is 14.1. The van der Waals surface area contributed by atoms with Crippen LogP contribution >= 0.6 is 0 Å². The molecule has 5 aliphatic rings. The topological polar surface area (TPSA) is 75.6 Å². The molecule has 9 atom stereocenters. The van der Waals surface area contributed by atoms with Crippen molar-refractivity contribution in [2.45, 2.75) is 119 Å². The maximum absolute atomic E-state index is 13.1. The molecule has 1 aromatic rings. The number of likely N-dealkylation sites (N-methyl/N-ethyl adjacent to an activating group) is 1. The number of carbonyl (C=O) groups is 2. The predicted molar refractivity (Wildman–Crippen MR) is 190 cm³/mol. The Labute approximate surface area is 284 Å². The molecule has 1 aromatic carbocycles. The Morgan fingerprint density at radius 1 is 0.915 bits per heavy atom. The standard InChI is InChI=1S/C42H61NO4/c1-26(25-43-10)29-17-22-42(36(45)46)24-23-40(8)31(34(29)42)15-16-33-39(7)20-18-30(38(5,6)32(39)19-21-41(33,40)9)27-11-13-28(14-12-27)35(44)47-37(2,3)4/h11-14,18,29,31-34,43H,1,15-17,19-25H2,2-10H3,(H,45,46). The minimum atomic E-state index is -0.598. The SMILES string of the molecule is C=C(CNC)C1CCC2(C(=O)O)CCC3(C)C(CCC4C5(C)CC=C(c6ccc(C(=O)OC(C)(C)C)cc6)C(C)(C)C5CCC43C)C12. The smallest absolute Gasteiger partial charge is 0.338 e. The maximum Gasteiger partial charge on any atom is 0.338 e. The molecular weight excluding hydrogens is 582 g/mol. The molecule has 2 N–H and O–H groups in total. The fraction of sp³-hybridized carbons (Fsp3) is 0.714. The molecule has 6 rings (SSSR count). The summed E-state index contributed by atoms with van der Waals surface area (Å²) >= 11 is 0. The number of nitrogens with one attached hydrogen (secondary N) is 1. The highest BCUT2D eigenvalue weighted by atomic mass is 16.6. The number of hydrogen-bond donors (Lipinski definition) is 2. The van der Waals surface area contributed by atoms with E-state index >= 15 is 0 Å². The highest BCUT2D eigenvalue weighted by Crippen LogP contribution is 2.77. The fourth-order valence-corrected chi connectivity index (χ4v) is 13.0. The number of carbonyl (C=O) groups excluding carboxylic acids is 1. The van der Waals surface area contributed by atoms with Gasteiger partial charge in [0.2, 0.25) is 0 Å². The summed E-state index contributed by atoms with van der Waals surface area (Å²) in [6, 6.07) is 8.09.